The summed E-state index contributed by atoms with van der Waals surface area (Å²) in [4.78, 5) is 22.8. The van der Waals surface area contributed by atoms with Crippen LogP contribution in [0, 0.1) is 0 Å². The van der Waals surface area contributed by atoms with Gasteiger partial charge in [0.1, 0.15) is 0 Å². The van der Waals surface area contributed by atoms with Gasteiger partial charge in [-0.05, 0) is 34.1 Å². The molecule has 0 aliphatic heterocycles. The molecule has 1 aromatic carbocycles. The molecule has 0 saturated carbocycles. The second-order valence-corrected chi connectivity index (χ2v) is 4.71. The number of nitrogens with zero attached hydrogens (tertiary/aromatic N) is 2. The SMILES string of the molecule is Cn1cc(C(=O)Nc2ccc(Br)c(C(=O)O)c2)cn1. The largest absolute Gasteiger partial charge is 0.478 e. The Morgan fingerprint density at radius 1 is 1.42 bits per heavy atom. The fraction of sp³-hybridized carbons (Fsp3) is 0.0833. The summed E-state index contributed by atoms with van der Waals surface area (Å²) in [6.45, 7) is 0. The number of amides is 1. The summed E-state index contributed by atoms with van der Waals surface area (Å²) in [7, 11) is 1.71. The summed E-state index contributed by atoms with van der Waals surface area (Å²) in [5.74, 6) is -1.41. The van der Waals surface area contributed by atoms with E-state index in [1.165, 1.54) is 16.9 Å². The van der Waals surface area contributed by atoms with Crippen molar-refractivity contribution in [3.05, 3.63) is 46.2 Å². The summed E-state index contributed by atoms with van der Waals surface area (Å²) in [5, 5.41) is 15.5. The van der Waals surface area contributed by atoms with E-state index in [4.69, 9.17) is 5.11 Å². The summed E-state index contributed by atoms with van der Waals surface area (Å²) in [6, 6.07) is 4.58. The van der Waals surface area contributed by atoms with Crippen LogP contribution < -0.4 is 5.32 Å². The number of aryl methyl sites for hydroxylation is 1. The number of hydrogen-bond donors (Lipinski definition) is 2. The van der Waals surface area contributed by atoms with Crippen LogP contribution in [0.25, 0.3) is 0 Å². The molecule has 0 fully saturated rings. The lowest BCUT2D eigenvalue weighted by molar-refractivity contribution is 0.0695. The Bertz CT molecular complexity index is 651. The summed E-state index contributed by atoms with van der Waals surface area (Å²) in [6.07, 6.45) is 3.01. The van der Waals surface area contributed by atoms with Crippen LogP contribution in [0.4, 0.5) is 5.69 Å². The molecule has 0 radical (unpaired) electrons. The first-order valence-corrected chi connectivity index (χ1v) is 6.09. The first-order valence-electron chi connectivity index (χ1n) is 5.30. The van der Waals surface area contributed by atoms with Gasteiger partial charge in [-0.25, -0.2) is 4.79 Å². The molecular weight excluding hydrogens is 314 g/mol. The molecule has 0 bridgehead atoms. The number of carboxylic acid groups (broad SMARTS) is 1. The van der Waals surface area contributed by atoms with Crippen LogP contribution in [0.1, 0.15) is 20.7 Å². The van der Waals surface area contributed by atoms with Gasteiger partial charge in [-0.1, -0.05) is 0 Å². The van der Waals surface area contributed by atoms with Crippen LogP contribution in [-0.4, -0.2) is 26.8 Å². The third kappa shape index (κ3) is 3.00. The highest BCUT2D eigenvalue weighted by Crippen LogP contribution is 2.21. The number of carbonyl (C=O) groups excluding carboxylic acids is 1. The number of anilines is 1. The van der Waals surface area contributed by atoms with E-state index in [1.807, 2.05) is 0 Å². The van der Waals surface area contributed by atoms with Gasteiger partial charge in [-0.2, -0.15) is 5.10 Å². The molecule has 98 valence electrons. The maximum absolute atomic E-state index is 11.9. The Labute approximate surface area is 117 Å². The van der Waals surface area contributed by atoms with Gasteiger partial charge in [-0.3, -0.25) is 9.48 Å². The molecule has 0 spiro atoms. The van der Waals surface area contributed by atoms with Gasteiger partial charge in [-0.15, -0.1) is 0 Å². The van der Waals surface area contributed by atoms with Crippen molar-refractivity contribution in [2.45, 2.75) is 0 Å². The van der Waals surface area contributed by atoms with Crippen LogP contribution in [0.2, 0.25) is 0 Å². The lowest BCUT2D eigenvalue weighted by atomic mass is 10.2. The zero-order valence-electron chi connectivity index (χ0n) is 9.92. The number of halogens is 1. The van der Waals surface area contributed by atoms with Gasteiger partial charge in [0.25, 0.3) is 5.91 Å². The topological polar surface area (TPSA) is 84.2 Å². The van der Waals surface area contributed by atoms with Gasteiger partial charge in [0.05, 0.1) is 17.3 Å². The highest BCUT2D eigenvalue weighted by atomic mass is 79.9. The van der Waals surface area contributed by atoms with Gasteiger partial charge in [0.15, 0.2) is 0 Å². The van der Waals surface area contributed by atoms with Gasteiger partial charge in [0.2, 0.25) is 0 Å². The molecule has 1 aromatic heterocycles. The zero-order chi connectivity index (χ0) is 14.0. The summed E-state index contributed by atoms with van der Waals surface area (Å²) < 4.78 is 1.97. The van der Waals surface area contributed by atoms with Crippen molar-refractivity contribution in [2.24, 2.45) is 7.05 Å². The Hall–Kier alpha value is -2.15. The average Bonchev–Trinajstić information content (AvgIpc) is 2.78. The van der Waals surface area contributed by atoms with E-state index in [1.54, 1.807) is 25.4 Å². The van der Waals surface area contributed by atoms with Crippen molar-refractivity contribution in [3.8, 4) is 0 Å². The van der Waals surface area contributed by atoms with Crippen LogP contribution in [0.15, 0.2) is 35.1 Å². The van der Waals surface area contributed by atoms with Gasteiger partial charge >= 0.3 is 5.97 Å². The van der Waals surface area contributed by atoms with Crippen LogP contribution in [-0.2, 0) is 7.05 Å². The molecule has 19 heavy (non-hydrogen) atoms. The molecule has 1 heterocycles. The smallest absolute Gasteiger partial charge is 0.336 e. The third-order valence-electron chi connectivity index (χ3n) is 2.42. The van der Waals surface area contributed by atoms with E-state index in [9.17, 15) is 9.59 Å². The number of aromatic carboxylic acids is 1. The highest BCUT2D eigenvalue weighted by molar-refractivity contribution is 9.10. The van der Waals surface area contributed by atoms with E-state index >= 15 is 0 Å². The zero-order valence-corrected chi connectivity index (χ0v) is 11.5. The quantitative estimate of drug-likeness (QED) is 0.906. The molecule has 0 saturated heterocycles. The Morgan fingerprint density at radius 2 is 2.16 bits per heavy atom. The van der Waals surface area contributed by atoms with Gasteiger partial charge in [0, 0.05) is 23.4 Å². The normalized spacial score (nSPS) is 10.2. The van der Waals surface area contributed by atoms with Gasteiger partial charge < -0.3 is 10.4 Å². The number of carboxylic acids is 1. The molecule has 2 N–H and O–H groups in total. The molecule has 2 rings (SSSR count). The molecule has 1 amide bonds. The minimum absolute atomic E-state index is 0.0870. The summed E-state index contributed by atoms with van der Waals surface area (Å²) in [5.41, 5.74) is 0.903. The predicted octanol–water partition coefficient (Wildman–Crippen LogP) is 2.13. The van der Waals surface area contributed by atoms with E-state index < -0.39 is 5.97 Å². The Morgan fingerprint density at radius 3 is 2.74 bits per heavy atom. The average molecular weight is 324 g/mol. The predicted molar refractivity (Wildman–Crippen MR) is 72.3 cm³/mol. The number of hydrogen-bond acceptors (Lipinski definition) is 3. The monoisotopic (exact) mass is 323 g/mol. The van der Waals surface area contributed by atoms with Crippen molar-refractivity contribution in [1.82, 2.24) is 9.78 Å². The molecule has 0 aliphatic carbocycles. The molecule has 7 heteroatoms. The first kappa shape index (κ1) is 13.3. The fourth-order valence-electron chi connectivity index (χ4n) is 1.51. The van der Waals surface area contributed by atoms with Crippen LogP contribution in [0.5, 0.6) is 0 Å². The number of carbonyl (C=O) groups is 2. The van der Waals surface area contributed by atoms with Crippen molar-refractivity contribution in [3.63, 3.8) is 0 Å². The maximum Gasteiger partial charge on any atom is 0.336 e. The standard InChI is InChI=1S/C12H10BrN3O3/c1-16-6-7(5-14-16)11(17)15-8-2-3-10(13)9(4-8)12(18)19/h2-6H,1H3,(H,15,17)(H,18,19). The highest BCUT2D eigenvalue weighted by Gasteiger charge is 2.12. The molecule has 6 nitrogen and oxygen atoms in total. The van der Waals surface area contributed by atoms with E-state index in [0.29, 0.717) is 15.7 Å². The number of rotatable bonds is 3. The van der Waals surface area contributed by atoms with Crippen molar-refractivity contribution < 1.29 is 14.7 Å². The van der Waals surface area contributed by atoms with Crippen molar-refractivity contribution in [1.29, 1.82) is 0 Å². The molecule has 2 aromatic rings. The fourth-order valence-corrected chi connectivity index (χ4v) is 1.92. The molecular formula is C12H10BrN3O3. The van der Waals surface area contributed by atoms with Crippen LogP contribution >= 0.6 is 15.9 Å². The minimum atomic E-state index is -1.07. The molecule has 0 atom stereocenters. The van der Waals surface area contributed by atoms with E-state index in [2.05, 4.69) is 26.3 Å². The van der Waals surface area contributed by atoms with Crippen molar-refractivity contribution in [2.75, 3.05) is 5.32 Å². The maximum atomic E-state index is 11.9. The Kier molecular flexibility index (Phi) is 3.66. The third-order valence-corrected chi connectivity index (χ3v) is 3.11. The second-order valence-electron chi connectivity index (χ2n) is 3.86. The minimum Gasteiger partial charge on any atom is -0.478 e. The second kappa shape index (κ2) is 5.23. The number of benzene rings is 1. The Balaban J connectivity index is 2.22. The van der Waals surface area contributed by atoms with E-state index in [-0.39, 0.29) is 11.5 Å². The number of aromatic nitrogens is 2. The molecule has 0 aliphatic rings. The number of nitrogens with one attached hydrogen (secondary N) is 1. The first-order chi connectivity index (χ1) is 8.97. The lowest BCUT2D eigenvalue weighted by Gasteiger charge is -2.06. The molecule has 0 unspecified atom stereocenters. The van der Waals surface area contributed by atoms with Crippen molar-refractivity contribution >= 4 is 33.5 Å². The van der Waals surface area contributed by atoms with Crippen LogP contribution in [0.3, 0.4) is 0 Å². The summed E-state index contributed by atoms with van der Waals surface area (Å²) >= 11 is 3.14. The lowest BCUT2D eigenvalue weighted by Crippen LogP contribution is -2.12. The van der Waals surface area contributed by atoms with E-state index in [0.717, 1.165) is 0 Å².